The summed E-state index contributed by atoms with van der Waals surface area (Å²) in [5.74, 6) is -0.910. The summed E-state index contributed by atoms with van der Waals surface area (Å²) in [7, 11) is 0. The number of nitrogens with one attached hydrogen (secondary N) is 1. The van der Waals surface area contributed by atoms with Gasteiger partial charge < -0.3 is 9.73 Å². The van der Waals surface area contributed by atoms with Crippen LogP contribution in [-0.2, 0) is 12.3 Å². The predicted octanol–water partition coefficient (Wildman–Crippen LogP) is 4.17. The molecule has 132 valence electrons. The van der Waals surface area contributed by atoms with Gasteiger partial charge in [-0.2, -0.15) is 13.9 Å². The van der Waals surface area contributed by atoms with Crippen LogP contribution in [0.5, 0.6) is 0 Å². The van der Waals surface area contributed by atoms with E-state index >= 15 is 0 Å². The summed E-state index contributed by atoms with van der Waals surface area (Å²) >= 11 is 0.560. The summed E-state index contributed by atoms with van der Waals surface area (Å²) in [5.41, 5.74) is 2.07. The summed E-state index contributed by atoms with van der Waals surface area (Å²) in [5, 5.41) is 7.46. The molecule has 1 unspecified atom stereocenters. The van der Waals surface area contributed by atoms with Gasteiger partial charge in [0.25, 0.3) is 5.76 Å². The van der Waals surface area contributed by atoms with Crippen molar-refractivity contribution in [2.75, 3.05) is 0 Å². The monoisotopic (exact) mass is 364 g/mol. The Kier molecular flexibility index (Phi) is 5.83. The lowest BCUT2D eigenvalue weighted by Crippen LogP contribution is -2.17. The molecular weight excluding hydrogens is 346 g/mol. The molecule has 5 nitrogen and oxygen atoms in total. The van der Waals surface area contributed by atoms with E-state index in [2.05, 4.69) is 22.3 Å². The first-order valence-electron chi connectivity index (χ1n) is 7.77. The largest absolute Gasteiger partial charge is 0.464 e. The zero-order valence-electron chi connectivity index (χ0n) is 13.6. The van der Waals surface area contributed by atoms with Crippen LogP contribution in [0, 0.1) is 0 Å². The molecule has 0 amide bonds. The Morgan fingerprint density at radius 3 is 2.60 bits per heavy atom. The highest BCUT2D eigenvalue weighted by Crippen LogP contribution is 2.22. The van der Waals surface area contributed by atoms with Gasteiger partial charge in [-0.3, -0.25) is 0 Å². The van der Waals surface area contributed by atoms with Crippen molar-refractivity contribution in [1.82, 2.24) is 20.1 Å². The molecule has 0 spiro atoms. The van der Waals surface area contributed by atoms with Gasteiger partial charge in [-0.1, -0.05) is 23.9 Å². The molecule has 3 rings (SSSR count). The van der Waals surface area contributed by atoms with Crippen LogP contribution >= 0.6 is 11.8 Å². The number of alkyl halides is 2. The molecule has 1 N–H and O–H groups in total. The van der Waals surface area contributed by atoms with Crippen molar-refractivity contribution in [1.29, 1.82) is 0 Å². The third-order valence-corrected chi connectivity index (χ3v) is 4.43. The summed E-state index contributed by atoms with van der Waals surface area (Å²) in [4.78, 5) is 3.93. The SMILES string of the molecule is CC(NCc1ccc(CSC(F)F)o1)c1ccc(-n2cncn2)cc1. The van der Waals surface area contributed by atoms with Gasteiger partial charge >= 0.3 is 0 Å². The number of hydrogen-bond acceptors (Lipinski definition) is 5. The van der Waals surface area contributed by atoms with Gasteiger partial charge in [-0.25, -0.2) is 9.67 Å². The van der Waals surface area contributed by atoms with Crippen molar-refractivity contribution in [3.05, 3.63) is 66.1 Å². The Hall–Kier alpha value is -2.19. The van der Waals surface area contributed by atoms with Gasteiger partial charge in [0.1, 0.15) is 24.2 Å². The van der Waals surface area contributed by atoms with E-state index < -0.39 is 5.76 Å². The second-order valence-electron chi connectivity index (χ2n) is 5.47. The lowest BCUT2D eigenvalue weighted by Gasteiger charge is -2.14. The van der Waals surface area contributed by atoms with Crippen molar-refractivity contribution in [3.63, 3.8) is 0 Å². The van der Waals surface area contributed by atoms with Crippen LogP contribution in [0.15, 0.2) is 53.5 Å². The fraction of sp³-hybridized carbons (Fsp3) is 0.294. The van der Waals surface area contributed by atoms with Gasteiger partial charge in [0, 0.05) is 6.04 Å². The van der Waals surface area contributed by atoms with Crippen molar-refractivity contribution in [2.45, 2.75) is 31.0 Å². The third-order valence-electron chi connectivity index (χ3n) is 3.73. The molecule has 3 aromatic rings. The zero-order chi connectivity index (χ0) is 17.6. The van der Waals surface area contributed by atoms with Crippen molar-refractivity contribution < 1.29 is 13.2 Å². The van der Waals surface area contributed by atoms with Crippen LogP contribution in [0.1, 0.15) is 30.0 Å². The number of thioether (sulfide) groups is 1. The highest BCUT2D eigenvalue weighted by Gasteiger charge is 2.09. The summed E-state index contributed by atoms with van der Waals surface area (Å²) in [6.07, 6.45) is 3.15. The molecule has 0 aliphatic carbocycles. The fourth-order valence-corrected chi connectivity index (χ4v) is 2.81. The molecule has 0 bridgehead atoms. The summed E-state index contributed by atoms with van der Waals surface area (Å²) in [6, 6.07) is 11.7. The van der Waals surface area contributed by atoms with E-state index in [0.29, 0.717) is 24.1 Å². The number of nitrogens with zero attached hydrogens (tertiary/aromatic N) is 3. The first-order valence-corrected chi connectivity index (χ1v) is 8.82. The Bertz CT molecular complexity index is 774. The first kappa shape index (κ1) is 17.6. The second kappa shape index (κ2) is 8.26. The standard InChI is InChI=1S/C17H18F2N4OS/c1-12(13-2-4-14(5-3-13)23-11-20-10-22-23)21-8-15-6-7-16(24-15)9-25-17(18)19/h2-7,10-12,17,21H,8-9H2,1H3. The van der Waals surface area contributed by atoms with E-state index in [4.69, 9.17) is 4.42 Å². The van der Waals surface area contributed by atoms with Crippen molar-refractivity contribution >= 4 is 11.8 Å². The van der Waals surface area contributed by atoms with Gasteiger partial charge in [-0.15, -0.1) is 0 Å². The highest BCUT2D eigenvalue weighted by atomic mass is 32.2. The number of rotatable bonds is 8. The Morgan fingerprint density at radius 1 is 1.16 bits per heavy atom. The van der Waals surface area contributed by atoms with E-state index in [1.165, 1.54) is 6.33 Å². The normalized spacial score (nSPS) is 12.6. The molecule has 1 atom stereocenters. The summed E-state index contributed by atoms with van der Waals surface area (Å²) < 4.78 is 31.6. The summed E-state index contributed by atoms with van der Waals surface area (Å²) in [6.45, 7) is 2.59. The third kappa shape index (κ3) is 4.90. The van der Waals surface area contributed by atoms with Crippen LogP contribution in [0.25, 0.3) is 5.69 Å². The predicted molar refractivity (Wildman–Crippen MR) is 92.6 cm³/mol. The maximum absolute atomic E-state index is 12.2. The Labute approximate surface area is 148 Å². The molecule has 0 saturated carbocycles. The fourth-order valence-electron chi connectivity index (χ4n) is 2.37. The van der Waals surface area contributed by atoms with Crippen LogP contribution in [0.3, 0.4) is 0 Å². The topological polar surface area (TPSA) is 55.9 Å². The maximum Gasteiger partial charge on any atom is 0.284 e. The van der Waals surface area contributed by atoms with Crippen LogP contribution < -0.4 is 5.32 Å². The van der Waals surface area contributed by atoms with Crippen molar-refractivity contribution in [2.24, 2.45) is 0 Å². The van der Waals surface area contributed by atoms with Gasteiger partial charge in [0.05, 0.1) is 18.0 Å². The molecular formula is C17H18F2N4OS. The molecule has 0 radical (unpaired) electrons. The van der Waals surface area contributed by atoms with E-state index in [1.807, 2.05) is 30.3 Å². The minimum Gasteiger partial charge on any atom is -0.464 e. The zero-order valence-corrected chi connectivity index (χ0v) is 14.4. The van der Waals surface area contributed by atoms with E-state index in [1.54, 1.807) is 17.1 Å². The van der Waals surface area contributed by atoms with Crippen molar-refractivity contribution in [3.8, 4) is 5.69 Å². The molecule has 0 aliphatic heterocycles. The number of benzene rings is 1. The van der Waals surface area contributed by atoms with E-state index in [-0.39, 0.29) is 11.8 Å². The molecule has 1 aromatic carbocycles. The lowest BCUT2D eigenvalue weighted by molar-refractivity contribution is 0.251. The van der Waals surface area contributed by atoms with Gasteiger partial charge in [0.2, 0.25) is 0 Å². The second-order valence-corrected chi connectivity index (χ2v) is 6.45. The maximum atomic E-state index is 12.2. The molecule has 2 heterocycles. The Balaban J connectivity index is 1.53. The molecule has 8 heteroatoms. The van der Waals surface area contributed by atoms with E-state index in [0.717, 1.165) is 17.0 Å². The molecule has 25 heavy (non-hydrogen) atoms. The minimum atomic E-state index is -2.38. The lowest BCUT2D eigenvalue weighted by atomic mass is 10.1. The highest BCUT2D eigenvalue weighted by molar-refractivity contribution is 7.98. The van der Waals surface area contributed by atoms with Crippen LogP contribution in [0.2, 0.25) is 0 Å². The molecule has 0 aliphatic rings. The number of furan rings is 1. The average molecular weight is 364 g/mol. The van der Waals surface area contributed by atoms with E-state index in [9.17, 15) is 8.78 Å². The van der Waals surface area contributed by atoms with Crippen LogP contribution in [0.4, 0.5) is 8.78 Å². The first-order chi connectivity index (χ1) is 12.1. The number of aromatic nitrogens is 3. The van der Waals surface area contributed by atoms with Gasteiger partial charge in [0.15, 0.2) is 0 Å². The smallest absolute Gasteiger partial charge is 0.284 e. The molecule has 0 fully saturated rings. The van der Waals surface area contributed by atoms with Gasteiger partial charge in [-0.05, 0) is 36.8 Å². The quantitative estimate of drug-likeness (QED) is 0.650. The number of hydrogen-bond donors (Lipinski definition) is 1. The molecule has 0 saturated heterocycles. The van der Waals surface area contributed by atoms with Crippen LogP contribution in [-0.4, -0.2) is 20.5 Å². The average Bonchev–Trinajstić information content (AvgIpc) is 3.30. The number of halogens is 2. The minimum absolute atomic E-state index is 0.119. The molecule has 2 aromatic heterocycles. The Morgan fingerprint density at radius 2 is 1.92 bits per heavy atom.